The van der Waals surface area contributed by atoms with E-state index < -0.39 is 10.0 Å². The minimum Gasteiger partial charge on any atom is -0.212 e. The smallest absolute Gasteiger partial charge is 0.211 e. The van der Waals surface area contributed by atoms with Crippen LogP contribution in [0.1, 0.15) is 40.0 Å². The van der Waals surface area contributed by atoms with Crippen molar-refractivity contribution >= 4 is 10.0 Å². The van der Waals surface area contributed by atoms with Crippen LogP contribution >= 0.6 is 0 Å². The van der Waals surface area contributed by atoms with Crippen molar-refractivity contribution in [3.05, 3.63) is 0 Å². The molecular formula is C10H21NO2S. The predicted molar refractivity (Wildman–Crippen MR) is 58.6 cm³/mol. The third kappa shape index (κ3) is 2.95. The molecule has 0 aromatic rings. The molecule has 1 fully saturated rings. The van der Waals surface area contributed by atoms with Gasteiger partial charge in [0.05, 0.1) is 5.75 Å². The van der Waals surface area contributed by atoms with Gasteiger partial charge in [-0.2, -0.15) is 0 Å². The van der Waals surface area contributed by atoms with Crippen LogP contribution in [0.3, 0.4) is 0 Å². The molecule has 0 amide bonds. The van der Waals surface area contributed by atoms with Crippen molar-refractivity contribution < 1.29 is 8.42 Å². The summed E-state index contributed by atoms with van der Waals surface area (Å²) in [5.41, 5.74) is 0. The maximum Gasteiger partial charge on any atom is 0.211 e. The zero-order chi connectivity index (χ0) is 10.8. The fourth-order valence-electron chi connectivity index (χ4n) is 2.09. The molecule has 0 spiro atoms. The van der Waals surface area contributed by atoms with E-state index in [0.29, 0.717) is 18.3 Å². The maximum absolute atomic E-state index is 11.5. The van der Waals surface area contributed by atoms with Crippen molar-refractivity contribution in [2.24, 2.45) is 11.8 Å². The Morgan fingerprint density at radius 3 is 2.36 bits per heavy atom. The van der Waals surface area contributed by atoms with E-state index in [4.69, 9.17) is 0 Å². The fraction of sp³-hybridized carbons (Fsp3) is 1.00. The van der Waals surface area contributed by atoms with E-state index in [1.165, 1.54) is 0 Å². The Hall–Kier alpha value is -0.0900. The van der Waals surface area contributed by atoms with E-state index in [1.807, 2.05) is 6.92 Å². The van der Waals surface area contributed by atoms with Gasteiger partial charge in [0.15, 0.2) is 0 Å². The molecule has 1 aliphatic carbocycles. The highest BCUT2D eigenvalue weighted by atomic mass is 32.2. The van der Waals surface area contributed by atoms with Gasteiger partial charge >= 0.3 is 0 Å². The number of nitrogens with one attached hydrogen (secondary N) is 1. The largest absolute Gasteiger partial charge is 0.212 e. The van der Waals surface area contributed by atoms with E-state index in [0.717, 1.165) is 12.8 Å². The van der Waals surface area contributed by atoms with Crippen molar-refractivity contribution in [1.82, 2.24) is 4.72 Å². The van der Waals surface area contributed by atoms with Crippen LogP contribution < -0.4 is 4.72 Å². The number of sulfonamides is 1. The molecule has 3 atom stereocenters. The van der Waals surface area contributed by atoms with E-state index in [1.54, 1.807) is 0 Å². The highest BCUT2D eigenvalue weighted by Gasteiger charge is 2.32. The lowest BCUT2D eigenvalue weighted by Crippen LogP contribution is -2.38. The van der Waals surface area contributed by atoms with Crippen LogP contribution in [-0.4, -0.2) is 20.2 Å². The summed E-state index contributed by atoms with van der Waals surface area (Å²) in [6, 6.07) is 0.168. The Bertz CT molecular complexity index is 274. The summed E-state index contributed by atoms with van der Waals surface area (Å²) in [5, 5.41) is 0. The topological polar surface area (TPSA) is 46.2 Å². The van der Waals surface area contributed by atoms with Crippen LogP contribution in [0, 0.1) is 11.8 Å². The maximum atomic E-state index is 11.5. The lowest BCUT2D eigenvalue weighted by Gasteiger charge is -2.19. The van der Waals surface area contributed by atoms with Crippen LogP contribution in [0.2, 0.25) is 0 Å². The average Bonchev–Trinajstić information content (AvgIpc) is 2.35. The second kappa shape index (κ2) is 4.62. The Morgan fingerprint density at radius 2 is 1.93 bits per heavy atom. The monoisotopic (exact) mass is 219 g/mol. The highest BCUT2D eigenvalue weighted by Crippen LogP contribution is 2.31. The second-order valence-corrected chi connectivity index (χ2v) is 6.33. The van der Waals surface area contributed by atoms with Crippen LogP contribution in [0.4, 0.5) is 0 Å². The normalized spacial score (nSPS) is 33.5. The summed E-state index contributed by atoms with van der Waals surface area (Å²) in [5.74, 6) is 1.37. The molecule has 84 valence electrons. The minimum atomic E-state index is -3.02. The Labute approximate surface area is 87.3 Å². The van der Waals surface area contributed by atoms with Crippen LogP contribution in [0.5, 0.6) is 0 Å². The van der Waals surface area contributed by atoms with Crippen LogP contribution in [0.25, 0.3) is 0 Å². The van der Waals surface area contributed by atoms with E-state index >= 15 is 0 Å². The van der Waals surface area contributed by atoms with Crippen LogP contribution in [0.15, 0.2) is 0 Å². The molecule has 3 unspecified atom stereocenters. The molecule has 1 saturated carbocycles. The van der Waals surface area contributed by atoms with Gasteiger partial charge in [-0.3, -0.25) is 0 Å². The number of rotatable bonds is 4. The van der Waals surface area contributed by atoms with Crippen LogP contribution in [-0.2, 0) is 10.0 Å². The minimum absolute atomic E-state index is 0.168. The molecule has 0 saturated heterocycles. The standard InChI is InChI=1S/C10H21NO2S/c1-4-7-14(12,13)11-10-6-5-8(2)9(10)3/h8-11H,4-7H2,1-3H3. The average molecular weight is 219 g/mol. The molecule has 0 aromatic carbocycles. The summed E-state index contributed by atoms with van der Waals surface area (Å²) < 4.78 is 25.9. The molecule has 14 heavy (non-hydrogen) atoms. The van der Waals surface area contributed by atoms with Gasteiger partial charge in [0, 0.05) is 6.04 Å². The van der Waals surface area contributed by atoms with Crippen molar-refractivity contribution in [3.63, 3.8) is 0 Å². The van der Waals surface area contributed by atoms with Gasteiger partial charge in [0.2, 0.25) is 10.0 Å². The highest BCUT2D eigenvalue weighted by molar-refractivity contribution is 7.89. The third-order valence-electron chi connectivity index (χ3n) is 3.27. The molecule has 4 heteroatoms. The van der Waals surface area contributed by atoms with Crippen molar-refractivity contribution in [2.75, 3.05) is 5.75 Å². The molecule has 1 N–H and O–H groups in total. The molecule has 3 nitrogen and oxygen atoms in total. The molecule has 1 rings (SSSR count). The second-order valence-electron chi connectivity index (χ2n) is 4.46. The first kappa shape index (κ1) is 12.0. The lowest BCUT2D eigenvalue weighted by molar-refractivity contribution is 0.402. The van der Waals surface area contributed by atoms with Crippen molar-refractivity contribution in [2.45, 2.75) is 46.1 Å². The zero-order valence-electron chi connectivity index (χ0n) is 9.29. The zero-order valence-corrected chi connectivity index (χ0v) is 10.1. The van der Waals surface area contributed by atoms with Gasteiger partial charge in [-0.05, 0) is 31.1 Å². The Morgan fingerprint density at radius 1 is 1.29 bits per heavy atom. The number of hydrogen-bond acceptors (Lipinski definition) is 2. The van der Waals surface area contributed by atoms with Crippen molar-refractivity contribution in [1.29, 1.82) is 0 Å². The van der Waals surface area contributed by atoms with Gasteiger partial charge in [0.1, 0.15) is 0 Å². The summed E-state index contributed by atoms with van der Waals surface area (Å²) >= 11 is 0. The SMILES string of the molecule is CCCS(=O)(=O)NC1CCC(C)C1C. The predicted octanol–water partition coefficient (Wildman–Crippen LogP) is 1.75. The third-order valence-corrected chi connectivity index (χ3v) is 4.88. The molecule has 0 bridgehead atoms. The first-order valence-electron chi connectivity index (χ1n) is 5.46. The summed E-state index contributed by atoms with van der Waals surface area (Å²) in [6.45, 7) is 6.22. The molecule has 0 aromatic heterocycles. The molecule has 0 radical (unpaired) electrons. The molecular weight excluding hydrogens is 198 g/mol. The summed E-state index contributed by atoms with van der Waals surface area (Å²) in [7, 11) is -3.02. The number of hydrogen-bond donors (Lipinski definition) is 1. The molecule has 0 aliphatic heterocycles. The Balaban J connectivity index is 2.53. The first-order chi connectivity index (χ1) is 6.46. The van der Waals surface area contributed by atoms with E-state index in [2.05, 4.69) is 18.6 Å². The van der Waals surface area contributed by atoms with Gasteiger partial charge in [0.25, 0.3) is 0 Å². The van der Waals surface area contributed by atoms with E-state index in [9.17, 15) is 8.42 Å². The van der Waals surface area contributed by atoms with Gasteiger partial charge in [-0.15, -0.1) is 0 Å². The molecule has 0 heterocycles. The van der Waals surface area contributed by atoms with Crippen molar-refractivity contribution in [3.8, 4) is 0 Å². The van der Waals surface area contributed by atoms with E-state index in [-0.39, 0.29) is 11.8 Å². The summed E-state index contributed by atoms with van der Waals surface area (Å²) in [6.07, 6.45) is 2.82. The quantitative estimate of drug-likeness (QED) is 0.783. The Kier molecular flexibility index (Phi) is 3.95. The fourth-order valence-corrected chi connectivity index (χ4v) is 3.54. The van der Waals surface area contributed by atoms with Gasteiger partial charge < -0.3 is 0 Å². The summed E-state index contributed by atoms with van der Waals surface area (Å²) in [4.78, 5) is 0. The van der Waals surface area contributed by atoms with Gasteiger partial charge in [-0.1, -0.05) is 20.8 Å². The van der Waals surface area contributed by atoms with Gasteiger partial charge in [-0.25, -0.2) is 13.1 Å². The lowest BCUT2D eigenvalue weighted by atomic mass is 9.98. The molecule has 1 aliphatic rings. The first-order valence-corrected chi connectivity index (χ1v) is 7.11.